The van der Waals surface area contributed by atoms with E-state index in [9.17, 15) is 9.18 Å². The van der Waals surface area contributed by atoms with Gasteiger partial charge in [0.05, 0.1) is 0 Å². The van der Waals surface area contributed by atoms with Gasteiger partial charge in [-0.15, -0.1) is 0 Å². The van der Waals surface area contributed by atoms with Crippen LogP contribution in [-0.2, 0) is 11.3 Å². The zero-order valence-corrected chi connectivity index (χ0v) is 8.85. The molecule has 1 saturated carbocycles. The largest absolute Gasteiger partial charge is 0.352 e. The van der Waals surface area contributed by atoms with Gasteiger partial charge in [0, 0.05) is 23.0 Å². The monoisotopic (exact) mass is 227 g/mol. The van der Waals surface area contributed by atoms with Crippen molar-refractivity contribution in [3.05, 3.63) is 34.6 Å². The lowest BCUT2D eigenvalue weighted by atomic mass is 10.2. The Hall–Kier alpha value is -1.09. The molecule has 80 valence electrons. The van der Waals surface area contributed by atoms with Crippen molar-refractivity contribution in [3.63, 3.8) is 0 Å². The maximum Gasteiger partial charge on any atom is 0.223 e. The third kappa shape index (κ3) is 2.48. The van der Waals surface area contributed by atoms with Crippen LogP contribution in [0.15, 0.2) is 18.2 Å². The first-order valence-electron chi connectivity index (χ1n) is 4.89. The first kappa shape index (κ1) is 10.4. The van der Waals surface area contributed by atoms with E-state index in [0.717, 1.165) is 12.8 Å². The van der Waals surface area contributed by atoms with Gasteiger partial charge in [-0.2, -0.15) is 0 Å². The summed E-state index contributed by atoms with van der Waals surface area (Å²) < 4.78 is 13.3. The zero-order chi connectivity index (χ0) is 10.8. The summed E-state index contributed by atoms with van der Waals surface area (Å²) in [6, 6.07) is 4.50. The first-order valence-corrected chi connectivity index (χ1v) is 5.27. The van der Waals surface area contributed by atoms with Crippen molar-refractivity contribution in [2.75, 3.05) is 0 Å². The molecular formula is C11H11ClFNO. The molecule has 0 bridgehead atoms. The van der Waals surface area contributed by atoms with E-state index in [0.29, 0.717) is 10.6 Å². The zero-order valence-electron chi connectivity index (χ0n) is 8.09. The molecule has 1 aliphatic rings. The highest BCUT2D eigenvalue weighted by atomic mass is 35.5. The van der Waals surface area contributed by atoms with E-state index in [1.807, 2.05) is 0 Å². The topological polar surface area (TPSA) is 29.1 Å². The Balaban J connectivity index is 2.00. The summed E-state index contributed by atoms with van der Waals surface area (Å²) >= 11 is 5.82. The number of halogens is 2. The van der Waals surface area contributed by atoms with Crippen LogP contribution in [0.2, 0.25) is 5.02 Å². The average Bonchev–Trinajstić information content (AvgIpc) is 2.99. The minimum absolute atomic E-state index is 0.00526. The number of hydrogen-bond donors (Lipinski definition) is 1. The standard InChI is InChI=1S/C11H11ClFNO/c12-9-2-1-3-10(13)8(9)6-14-11(15)7-4-5-7/h1-3,7H,4-6H2,(H,14,15). The predicted molar refractivity (Wildman–Crippen MR) is 56.0 cm³/mol. The molecule has 1 N–H and O–H groups in total. The van der Waals surface area contributed by atoms with E-state index >= 15 is 0 Å². The molecule has 0 atom stereocenters. The molecule has 0 aromatic heterocycles. The fraction of sp³-hybridized carbons (Fsp3) is 0.364. The fourth-order valence-corrected chi connectivity index (χ4v) is 1.60. The molecule has 1 aromatic rings. The molecule has 0 radical (unpaired) electrons. The number of carbonyl (C=O) groups excluding carboxylic acids is 1. The summed E-state index contributed by atoms with van der Waals surface area (Å²) in [5.74, 6) is -0.247. The number of carbonyl (C=O) groups is 1. The molecule has 0 saturated heterocycles. The highest BCUT2D eigenvalue weighted by Crippen LogP contribution is 2.29. The minimum atomic E-state index is -0.376. The maximum absolute atomic E-state index is 13.3. The van der Waals surface area contributed by atoms with Gasteiger partial charge in [0.2, 0.25) is 5.91 Å². The molecule has 15 heavy (non-hydrogen) atoms. The van der Waals surface area contributed by atoms with Crippen molar-refractivity contribution >= 4 is 17.5 Å². The van der Waals surface area contributed by atoms with Gasteiger partial charge in [-0.3, -0.25) is 4.79 Å². The van der Waals surface area contributed by atoms with Gasteiger partial charge in [-0.05, 0) is 25.0 Å². The maximum atomic E-state index is 13.3. The number of rotatable bonds is 3. The smallest absolute Gasteiger partial charge is 0.223 e. The second kappa shape index (κ2) is 4.19. The Labute approximate surface area is 92.4 Å². The normalized spacial score (nSPS) is 15.1. The molecule has 2 nitrogen and oxygen atoms in total. The Morgan fingerprint density at radius 3 is 2.87 bits per heavy atom. The molecule has 0 spiro atoms. The van der Waals surface area contributed by atoms with Crippen LogP contribution in [0.5, 0.6) is 0 Å². The number of nitrogens with one attached hydrogen (secondary N) is 1. The van der Waals surface area contributed by atoms with Gasteiger partial charge >= 0.3 is 0 Å². The van der Waals surface area contributed by atoms with Crippen LogP contribution in [0.1, 0.15) is 18.4 Å². The quantitative estimate of drug-likeness (QED) is 0.845. The average molecular weight is 228 g/mol. The van der Waals surface area contributed by atoms with Crippen molar-refractivity contribution in [1.29, 1.82) is 0 Å². The van der Waals surface area contributed by atoms with E-state index < -0.39 is 0 Å². The Morgan fingerprint density at radius 2 is 2.27 bits per heavy atom. The highest BCUT2D eigenvalue weighted by molar-refractivity contribution is 6.31. The molecule has 1 fully saturated rings. The predicted octanol–water partition coefficient (Wildman–Crippen LogP) is 2.51. The number of amides is 1. The van der Waals surface area contributed by atoms with Crippen molar-refractivity contribution in [2.45, 2.75) is 19.4 Å². The van der Waals surface area contributed by atoms with Gasteiger partial charge in [-0.1, -0.05) is 17.7 Å². The van der Waals surface area contributed by atoms with Gasteiger partial charge < -0.3 is 5.32 Å². The summed E-state index contributed by atoms with van der Waals surface area (Å²) in [6.07, 6.45) is 1.88. The number of benzene rings is 1. The molecule has 1 aromatic carbocycles. The lowest BCUT2D eigenvalue weighted by Gasteiger charge is -2.07. The van der Waals surface area contributed by atoms with Gasteiger partial charge in [0.25, 0.3) is 0 Å². The van der Waals surface area contributed by atoms with Crippen molar-refractivity contribution < 1.29 is 9.18 Å². The second-order valence-corrected chi connectivity index (χ2v) is 4.10. The highest BCUT2D eigenvalue weighted by Gasteiger charge is 2.29. The van der Waals surface area contributed by atoms with Crippen LogP contribution in [0.25, 0.3) is 0 Å². The summed E-state index contributed by atoms with van der Waals surface area (Å²) in [5, 5.41) is 3.03. The molecule has 2 rings (SSSR count). The van der Waals surface area contributed by atoms with E-state index in [-0.39, 0.29) is 24.2 Å². The van der Waals surface area contributed by atoms with Gasteiger partial charge in [0.1, 0.15) is 5.82 Å². The molecule has 0 heterocycles. The van der Waals surface area contributed by atoms with E-state index in [1.54, 1.807) is 12.1 Å². The van der Waals surface area contributed by atoms with Gasteiger partial charge in [0.15, 0.2) is 0 Å². The number of hydrogen-bond acceptors (Lipinski definition) is 1. The third-order valence-corrected chi connectivity index (χ3v) is 2.80. The van der Waals surface area contributed by atoms with E-state index in [4.69, 9.17) is 11.6 Å². The second-order valence-electron chi connectivity index (χ2n) is 3.69. The summed E-state index contributed by atoms with van der Waals surface area (Å²) in [7, 11) is 0. The van der Waals surface area contributed by atoms with Crippen molar-refractivity contribution in [1.82, 2.24) is 5.32 Å². The van der Waals surface area contributed by atoms with Crippen LogP contribution in [-0.4, -0.2) is 5.91 Å². The van der Waals surface area contributed by atoms with E-state index in [2.05, 4.69) is 5.32 Å². The molecule has 1 amide bonds. The lowest BCUT2D eigenvalue weighted by Crippen LogP contribution is -2.24. The van der Waals surface area contributed by atoms with Gasteiger partial charge in [-0.25, -0.2) is 4.39 Å². The lowest BCUT2D eigenvalue weighted by molar-refractivity contribution is -0.122. The van der Waals surface area contributed by atoms with Crippen LogP contribution in [0, 0.1) is 11.7 Å². The molecular weight excluding hydrogens is 217 g/mol. The Bertz CT molecular complexity index is 370. The minimum Gasteiger partial charge on any atom is -0.352 e. The molecule has 0 unspecified atom stereocenters. The van der Waals surface area contributed by atoms with Crippen molar-refractivity contribution in [2.24, 2.45) is 5.92 Å². The molecule has 1 aliphatic carbocycles. The molecule has 0 aliphatic heterocycles. The first-order chi connectivity index (χ1) is 7.18. The van der Waals surface area contributed by atoms with Crippen LogP contribution >= 0.6 is 11.6 Å². The summed E-state index contributed by atoms with van der Waals surface area (Å²) in [6.45, 7) is 0.167. The van der Waals surface area contributed by atoms with Crippen LogP contribution in [0.4, 0.5) is 4.39 Å². The third-order valence-electron chi connectivity index (χ3n) is 2.45. The fourth-order valence-electron chi connectivity index (χ4n) is 1.37. The van der Waals surface area contributed by atoms with Crippen LogP contribution < -0.4 is 5.32 Å². The Morgan fingerprint density at radius 1 is 1.53 bits per heavy atom. The summed E-state index contributed by atoms with van der Waals surface area (Å²) in [5.41, 5.74) is 0.355. The van der Waals surface area contributed by atoms with Crippen LogP contribution in [0.3, 0.4) is 0 Å². The Kier molecular flexibility index (Phi) is 2.91. The SMILES string of the molecule is O=C(NCc1c(F)cccc1Cl)C1CC1. The van der Waals surface area contributed by atoms with E-state index in [1.165, 1.54) is 6.07 Å². The van der Waals surface area contributed by atoms with Crippen molar-refractivity contribution in [3.8, 4) is 0 Å². The molecule has 4 heteroatoms. The summed E-state index contributed by atoms with van der Waals surface area (Å²) in [4.78, 5) is 11.3.